The van der Waals surface area contributed by atoms with Gasteiger partial charge in [-0.3, -0.25) is 4.79 Å². The second kappa shape index (κ2) is 11.4. The molecule has 0 spiro atoms. The molecule has 7 heteroatoms. The highest BCUT2D eigenvalue weighted by Gasteiger charge is 2.18. The zero-order valence-corrected chi connectivity index (χ0v) is 21.1. The van der Waals surface area contributed by atoms with Gasteiger partial charge in [0.05, 0.1) is 36.9 Å². The summed E-state index contributed by atoms with van der Waals surface area (Å²) >= 11 is 1.23. The van der Waals surface area contributed by atoms with Gasteiger partial charge in [0.25, 0.3) is 0 Å². The van der Waals surface area contributed by atoms with Crippen LogP contribution >= 0.6 is 11.8 Å². The number of hydrogen-bond donors (Lipinski definition) is 1. The standard InChI is InChI=1S/C29H25N3O3S/c1-19-9-11-21(12-10-19)25-16-23(20-7-5-4-6-8-20)24(17-30)29(32-25)36-18-28(33)31-26-15-22(34-2)13-14-27(26)35-3/h4-16H,18H2,1-3H3,(H,31,33). The van der Waals surface area contributed by atoms with E-state index in [4.69, 9.17) is 14.5 Å². The number of hydrogen-bond acceptors (Lipinski definition) is 6. The maximum absolute atomic E-state index is 12.9. The fraction of sp³-hybridized carbons (Fsp3) is 0.138. The topological polar surface area (TPSA) is 84.2 Å². The van der Waals surface area contributed by atoms with Crippen LogP contribution in [0.15, 0.2) is 83.9 Å². The maximum Gasteiger partial charge on any atom is 0.234 e. The molecule has 0 saturated carbocycles. The van der Waals surface area contributed by atoms with Crippen LogP contribution in [0, 0.1) is 18.3 Å². The number of nitrogens with one attached hydrogen (secondary N) is 1. The van der Waals surface area contributed by atoms with Gasteiger partial charge in [0.2, 0.25) is 5.91 Å². The Kier molecular flexibility index (Phi) is 7.89. The fourth-order valence-electron chi connectivity index (χ4n) is 3.68. The first-order valence-corrected chi connectivity index (χ1v) is 12.2. The largest absolute Gasteiger partial charge is 0.497 e. The van der Waals surface area contributed by atoms with Crippen LogP contribution < -0.4 is 14.8 Å². The van der Waals surface area contributed by atoms with E-state index < -0.39 is 0 Å². The lowest BCUT2D eigenvalue weighted by Crippen LogP contribution is -2.15. The first kappa shape index (κ1) is 24.8. The lowest BCUT2D eigenvalue weighted by Gasteiger charge is -2.14. The smallest absolute Gasteiger partial charge is 0.234 e. The molecule has 0 aliphatic rings. The van der Waals surface area contributed by atoms with Crippen LogP contribution in [0.25, 0.3) is 22.4 Å². The lowest BCUT2D eigenvalue weighted by molar-refractivity contribution is -0.113. The van der Waals surface area contributed by atoms with Crippen molar-refractivity contribution in [2.45, 2.75) is 11.9 Å². The number of carbonyl (C=O) groups excluding carboxylic acids is 1. The summed E-state index contributed by atoms with van der Waals surface area (Å²) in [6, 6.07) is 27.2. The number of carbonyl (C=O) groups is 1. The summed E-state index contributed by atoms with van der Waals surface area (Å²) in [5.74, 6) is 0.940. The average Bonchev–Trinajstić information content (AvgIpc) is 2.92. The number of nitriles is 1. The highest BCUT2D eigenvalue weighted by atomic mass is 32.2. The van der Waals surface area contributed by atoms with Gasteiger partial charge in [0.1, 0.15) is 22.6 Å². The number of rotatable bonds is 8. The van der Waals surface area contributed by atoms with Gasteiger partial charge < -0.3 is 14.8 Å². The predicted octanol–water partition coefficient (Wildman–Crippen LogP) is 6.34. The summed E-state index contributed by atoms with van der Waals surface area (Å²) in [4.78, 5) is 17.6. The van der Waals surface area contributed by atoms with E-state index in [1.165, 1.54) is 18.9 Å². The maximum atomic E-state index is 12.9. The van der Waals surface area contributed by atoms with Gasteiger partial charge in [-0.15, -0.1) is 0 Å². The number of thioether (sulfide) groups is 1. The van der Waals surface area contributed by atoms with E-state index in [1.807, 2.05) is 67.6 Å². The molecule has 4 aromatic rings. The molecule has 1 N–H and O–H groups in total. The van der Waals surface area contributed by atoms with Crippen molar-refractivity contribution in [3.05, 3.63) is 90.0 Å². The molecule has 0 unspecified atom stereocenters. The molecule has 0 fully saturated rings. The molecule has 0 aliphatic heterocycles. The van der Waals surface area contributed by atoms with Crippen LogP contribution in [0.2, 0.25) is 0 Å². The van der Waals surface area contributed by atoms with Crippen LogP contribution in [0.5, 0.6) is 11.5 Å². The number of aryl methyl sites for hydroxylation is 1. The Hall–Kier alpha value is -4.28. The Labute approximate surface area is 214 Å². The molecular weight excluding hydrogens is 470 g/mol. The van der Waals surface area contributed by atoms with Gasteiger partial charge in [-0.1, -0.05) is 71.9 Å². The molecule has 0 aliphatic carbocycles. The van der Waals surface area contributed by atoms with E-state index in [0.29, 0.717) is 27.8 Å². The summed E-state index contributed by atoms with van der Waals surface area (Å²) in [7, 11) is 3.10. The highest BCUT2D eigenvalue weighted by molar-refractivity contribution is 8.00. The molecule has 6 nitrogen and oxygen atoms in total. The second-order valence-electron chi connectivity index (χ2n) is 7.98. The molecule has 3 aromatic carbocycles. The number of ether oxygens (including phenoxy) is 2. The molecule has 0 atom stereocenters. The van der Waals surface area contributed by atoms with Crippen molar-refractivity contribution in [3.63, 3.8) is 0 Å². The van der Waals surface area contributed by atoms with Crippen molar-refractivity contribution in [2.75, 3.05) is 25.3 Å². The van der Waals surface area contributed by atoms with Gasteiger partial charge in [-0.2, -0.15) is 5.26 Å². The predicted molar refractivity (Wildman–Crippen MR) is 143 cm³/mol. The number of anilines is 1. The molecule has 0 radical (unpaired) electrons. The Morgan fingerprint density at radius 3 is 2.39 bits per heavy atom. The summed E-state index contributed by atoms with van der Waals surface area (Å²) in [6.45, 7) is 2.03. The van der Waals surface area contributed by atoms with Gasteiger partial charge in [-0.05, 0) is 30.7 Å². The van der Waals surface area contributed by atoms with Gasteiger partial charge in [0.15, 0.2) is 0 Å². The number of nitrogens with zero attached hydrogens (tertiary/aromatic N) is 2. The van der Waals surface area contributed by atoms with Crippen molar-refractivity contribution in [1.82, 2.24) is 4.98 Å². The average molecular weight is 496 g/mol. The third-order valence-electron chi connectivity index (χ3n) is 5.55. The van der Waals surface area contributed by atoms with Crippen molar-refractivity contribution in [1.29, 1.82) is 5.26 Å². The van der Waals surface area contributed by atoms with E-state index in [0.717, 1.165) is 27.9 Å². The Morgan fingerprint density at radius 2 is 1.72 bits per heavy atom. The minimum absolute atomic E-state index is 0.0631. The minimum atomic E-state index is -0.251. The quantitative estimate of drug-likeness (QED) is 0.287. The molecule has 4 rings (SSSR count). The zero-order chi connectivity index (χ0) is 25.5. The Bertz CT molecular complexity index is 1410. The van der Waals surface area contributed by atoms with Crippen LogP contribution in [0.1, 0.15) is 11.1 Å². The molecule has 1 amide bonds. The van der Waals surface area contributed by atoms with Crippen molar-refractivity contribution in [2.24, 2.45) is 0 Å². The third kappa shape index (κ3) is 5.68. The van der Waals surface area contributed by atoms with Crippen LogP contribution in [0.3, 0.4) is 0 Å². The van der Waals surface area contributed by atoms with E-state index in [-0.39, 0.29) is 11.7 Å². The van der Waals surface area contributed by atoms with Crippen molar-refractivity contribution in [3.8, 4) is 40.0 Å². The monoisotopic (exact) mass is 495 g/mol. The molecule has 180 valence electrons. The number of pyridine rings is 1. The van der Waals surface area contributed by atoms with Gasteiger partial charge >= 0.3 is 0 Å². The number of benzene rings is 3. The Balaban J connectivity index is 1.66. The summed E-state index contributed by atoms with van der Waals surface area (Å²) in [5, 5.41) is 13.4. The van der Waals surface area contributed by atoms with E-state index in [2.05, 4.69) is 11.4 Å². The summed E-state index contributed by atoms with van der Waals surface area (Å²) in [6.07, 6.45) is 0. The third-order valence-corrected chi connectivity index (χ3v) is 6.53. The van der Waals surface area contributed by atoms with Crippen LogP contribution in [-0.4, -0.2) is 30.9 Å². The number of amides is 1. The number of methoxy groups -OCH3 is 2. The highest BCUT2D eigenvalue weighted by Crippen LogP contribution is 2.35. The lowest BCUT2D eigenvalue weighted by atomic mass is 9.99. The molecule has 1 aromatic heterocycles. The van der Waals surface area contributed by atoms with E-state index >= 15 is 0 Å². The van der Waals surface area contributed by atoms with E-state index in [9.17, 15) is 10.1 Å². The Morgan fingerprint density at radius 1 is 0.972 bits per heavy atom. The SMILES string of the molecule is COc1ccc(OC)c(NC(=O)CSc2nc(-c3ccc(C)cc3)cc(-c3ccccc3)c2C#N)c1. The molecular formula is C29H25N3O3S. The zero-order valence-electron chi connectivity index (χ0n) is 20.2. The first-order valence-electron chi connectivity index (χ1n) is 11.2. The minimum Gasteiger partial charge on any atom is -0.497 e. The molecule has 0 saturated heterocycles. The molecule has 1 heterocycles. The normalized spacial score (nSPS) is 10.4. The van der Waals surface area contributed by atoms with Crippen molar-refractivity contribution < 1.29 is 14.3 Å². The number of aromatic nitrogens is 1. The second-order valence-corrected chi connectivity index (χ2v) is 8.95. The van der Waals surface area contributed by atoms with Gasteiger partial charge in [0, 0.05) is 17.2 Å². The van der Waals surface area contributed by atoms with E-state index in [1.54, 1.807) is 25.3 Å². The van der Waals surface area contributed by atoms with Crippen LogP contribution in [0.4, 0.5) is 5.69 Å². The van der Waals surface area contributed by atoms with Crippen molar-refractivity contribution >= 4 is 23.4 Å². The van der Waals surface area contributed by atoms with Gasteiger partial charge in [-0.25, -0.2) is 4.98 Å². The fourth-order valence-corrected chi connectivity index (χ4v) is 4.49. The molecule has 0 bridgehead atoms. The van der Waals surface area contributed by atoms with Crippen LogP contribution in [-0.2, 0) is 4.79 Å². The summed E-state index contributed by atoms with van der Waals surface area (Å²) in [5.41, 5.74) is 5.47. The first-order chi connectivity index (χ1) is 17.5. The molecule has 36 heavy (non-hydrogen) atoms. The summed E-state index contributed by atoms with van der Waals surface area (Å²) < 4.78 is 10.6.